The van der Waals surface area contributed by atoms with Crippen molar-refractivity contribution < 1.29 is 13.9 Å². The van der Waals surface area contributed by atoms with Crippen LogP contribution in [0.2, 0.25) is 0 Å². The van der Waals surface area contributed by atoms with Crippen molar-refractivity contribution in [2.75, 3.05) is 18.4 Å². The number of hydrogen-bond acceptors (Lipinski definition) is 4. The normalized spacial score (nSPS) is 10.6. The standard InChI is InChI=1S/C15H20FN3O2/c1-15(2,3)21-14(20)19-9-5-8-18-13-7-4-6-12(16)11(13)10-17/h4,6-7,18H,5,8-9H2,1-3H3,(H,19,20). The minimum atomic E-state index is -0.547. The molecular weight excluding hydrogens is 273 g/mol. The van der Waals surface area contributed by atoms with Crippen LogP contribution in [0, 0.1) is 17.1 Å². The Balaban J connectivity index is 2.31. The number of carbonyl (C=O) groups excluding carboxylic acids is 1. The van der Waals surface area contributed by atoms with E-state index in [9.17, 15) is 9.18 Å². The van der Waals surface area contributed by atoms with Crippen LogP contribution in [0.1, 0.15) is 32.8 Å². The molecule has 0 saturated carbocycles. The fraction of sp³-hybridized carbons (Fsp3) is 0.467. The molecule has 0 spiro atoms. The van der Waals surface area contributed by atoms with Crippen molar-refractivity contribution in [3.63, 3.8) is 0 Å². The maximum atomic E-state index is 13.4. The summed E-state index contributed by atoms with van der Waals surface area (Å²) in [7, 11) is 0. The quantitative estimate of drug-likeness (QED) is 0.818. The van der Waals surface area contributed by atoms with Crippen molar-refractivity contribution in [2.45, 2.75) is 32.8 Å². The molecular formula is C15H20FN3O2. The molecule has 2 N–H and O–H groups in total. The second-order valence-electron chi connectivity index (χ2n) is 5.48. The summed E-state index contributed by atoms with van der Waals surface area (Å²) in [6.07, 6.45) is 0.159. The molecule has 0 unspecified atom stereocenters. The zero-order valence-corrected chi connectivity index (χ0v) is 12.5. The minimum Gasteiger partial charge on any atom is -0.444 e. The van der Waals surface area contributed by atoms with Crippen molar-refractivity contribution in [1.29, 1.82) is 5.26 Å². The van der Waals surface area contributed by atoms with Gasteiger partial charge in [-0.2, -0.15) is 5.26 Å². The van der Waals surface area contributed by atoms with Gasteiger partial charge in [0.15, 0.2) is 0 Å². The van der Waals surface area contributed by atoms with Crippen LogP contribution in [0.25, 0.3) is 0 Å². The summed E-state index contributed by atoms with van der Waals surface area (Å²) in [6, 6.07) is 6.25. The molecule has 114 valence electrons. The molecule has 1 rings (SSSR count). The highest BCUT2D eigenvalue weighted by Crippen LogP contribution is 2.17. The Hall–Kier alpha value is -2.29. The average Bonchev–Trinajstić information content (AvgIpc) is 2.36. The van der Waals surface area contributed by atoms with E-state index in [2.05, 4.69) is 10.6 Å². The molecule has 0 fully saturated rings. The van der Waals surface area contributed by atoms with E-state index in [0.29, 0.717) is 25.2 Å². The first kappa shape index (κ1) is 16.8. The van der Waals surface area contributed by atoms with Crippen molar-refractivity contribution in [3.05, 3.63) is 29.6 Å². The number of rotatable bonds is 5. The highest BCUT2D eigenvalue weighted by Gasteiger charge is 2.15. The monoisotopic (exact) mass is 293 g/mol. The third-order valence-corrected chi connectivity index (χ3v) is 2.46. The van der Waals surface area contributed by atoms with E-state index in [1.807, 2.05) is 6.07 Å². The van der Waals surface area contributed by atoms with Gasteiger partial charge in [-0.3, -0.25) is 0 Å². The molecule has 0 aromatic heterocycles. The zero-order valence-electron chi connectivity index (χ0n) is 12.5. The Morgan fingerprint density at radius 1 is 1.38 bits per heavy atom. The number of anilines is 1. The molecule has 5 nitrogen and oxygen atoms in total. The number of nitriles is 1. The SMILES string of the molecule is CC(C)(C)OC(=O)NCCCNc1cccc(F)c1C#N. The van der Waals surface area contributed by atoms with Crippen LogP contribution < -0.4 is 10.6 Å². The maximum absolute atomic E-state index is 13.4. The number of amides is 1. The van der Waals surface area contributed by atoms with Crippen molar-refractivity contribution in [3.8, 4) is 6.07 Å². The lowest BCUT2D eigenvalue weighted by atomic mass is 10.2. The van der Waals surface area contributed by atoms with Crippen LogP contribution in [0.3, 0.4) is 0 Å². The molecule has 6 heteroatoms. The highest BCUT2D eigenvalue weighted by atomic mass is 19.1. The fourth-order valence-electron chi connectivity index (χ4n) is 1.60. The molecule has 0 saturated heterocycles. The Morgan fingerprint density at radius 3 is 2.71 bits per heavy atom. The van der Waals surface area contributed by atoms with Gasteiger partial charge in [0, 0.05) is 13.1 Å². The number of hydrogen-bond donors (Lipinski definition) is 2. The number of halogens is 1. The number of nitrogens with zero attached hydrogens (tertiary/aromatic N) is 1. The van der Waals surface area contributed by atoms with Gasteiger partial charge in [-0.1, -0.05) is 6.07 Å². The lowest BCUT2D eigenvalue weighted by Gasteiger charge is -2.19. The summed E-state index contributed by atoms with van der Waals surface area (Å²) in [5.41, 5.74) is -0.0710. The van der Waals surface area contributed by atoms with Gasteiger partial charge in [0.25, 0.3) is 0 Å². The summed E-state index contributed by atoms with van der Waals surface area (Å²) >= 11 is 0. The Bertz CT molecular complexity index is 533. The lowest BCUT2D eigenvalue weighted by Crippen LogP contribution is -2.33. The maximum Gasteiger partial charge on any atom is 0.407 e. The van der Waals surface area contributed by atoms with Gasteiger partial charge in [-0.15, -0.1) is 0 Å². The number of nitrogens with one attached hydrogen (secondary N) is 2. The summed E-state index contributed by atoms with van der Waals surface area (Å²) < 4.78 is 18.4. The molecule has 1 aromatic carbocycles. The second-order valence-corrected chi connectivity index (χ2v) is 5.48. The van der Waals surface area contributed by atoms with E-state index < -0.39 is 17.5 Å². The molecule has 0 atom stereocenters. The smallest absolute Gasteiger partial charge is 0.407 e. The van der Waals surface area contributed by atoms with Gasteiger partial charge in [0.2, 0.25) is 0 Å². The van der Waals surface area contributed by atoms with Crippen LogP contribution in [0.15, 0.2) is 18.2 Å². The number of alkyl carbamates (subject to hydrolysis) is 1. The number of benzene rings is 1. The van der Waals surface area contributed by atoms with E-state index in [4.69, 9.17) is 10.00 Å². The third-order valence-electron chi connectivity index (χ3n) is 2.46. The zero-order chi connectivity index (χ0) is 15.9. The van der Waals surface area contributed by atoms with E-state index in [1.165, 1.54) is 12.1 Å². The number of carbonyl (C=O) groups is 1. The van der Waals surface area contributed by atoms with Gasteiger partial charge in [0.05, 0.1) is 5.69 Å². The van der Waals surface area contributed by atoms with Gasteiger partial charge in [0.1, 0.15) is 23.1 Å². The summed E-state index contributed by atoms with van der Waals surface area (Å²) in [4.78, 5) is 11.4. The second kappa shape index (κ2) is 7.48. The minimum absolute atomic E-state index is 0.00222. The van der Waals surface area contributed by atoms with Crippen LogP contribution in [0.5, 0.6) is 0 Å². The van der Waals surface area contributed by atoms with Gasteiger partial charge >= 0.3 is 6.09 Å². The van der Waals surface area contributed by atoms with Crippen LogP contribution in [-0.4, -0.2) is 24.8 Å². The van der Waals surface area contributed by atoms with Crippen molar-refractivity contribution in [1.82, 2.24) is 5.32 Å². The van der Waals surface area contributed by atoms with Gasteiger partial charge in [-0.25, -0.2) is 9.18 Å². The molecule has 21 heavy (non-hydrogen) atoms. The first-order valence-corrected chi connectivity index (χ1v) is 6.73. The van der Waals surface area contributed by atoms with E-state index in [-0.39, 0.29) is 5.56 Å². The predicted molar refractivity (Wildman–Crippen MR) is 78.5 cm³/mol. The third kappa shape index (κ3) is 6.13. The van der Waals surface area contributed by atoms with E-state index >= 15 is 0 Å². The molecule has 0 radical (unpaired) electrons. The molecule has 0 aliphatic carbocycles. The summed E-state index contributed by atoms with van der Waals surface area (Å²) in [6.45, 7) is 6.32. The van der Waals surface area contributed by atoms with Gasteiger partial charge in [-0.05, 0) is 39.3 Å². The van der Waals surface area contributed by atoms with E-state index in [1.54, 1.807) is 26.8 Å². The summed E-state index contributed by atoms with van der Waals surface area (Å²) in [5, 5.41) is 14.5. The first-order chi connectivity index (χ1) is 9.83. The van der Waals surface area contributed by atoms with Gasteiger partial charge < -0.3 is 15.4 Å². The molecule has 0 aliphatic heterocycles. The molecule has 1 amide bonds. The molecule has 0 aliphatic rings. The van der Waals surface area contributed by atoms with Crippen molar-refractivity contribution in [2.24, 2.45) is 0 Å². The van der Waals surface area contributed by atoms with Crippen LogP contribution in [-0.2, 0) is 4.74 Å². The summed E-state index contributed by atoms with van der Waals surface area (Å²) in [5.74, 6) is -0.547. The average molecular weight is 293 g/mol. The largest absolute Gasteiger partial charge is 0.444 e. The fourth-order valence-corrected chi connectivity index (χ4v) is 1.60. The predicted octanol–water partition coefficient (Wildman–Crippen LogP) is 3.02. The lowest BCUT2D eigenvalue weighted by molar-refractivity contribution is 0.0528. The first-order valence-electron chi connectivity index (χ1n) is 6.73. The highest BCUT2D eigenvalue weighted by molar-refractivity contribution is 5.67. The Labute approximate surface area is 124 Å². The van der Waals surface area contributed by atoms with Crippen LogP contribution >= 0.6 is 0 Å². The molecule has 0 bridgehead atoms. The topological polar surface area (TPSA) is 74.2 Å². The Morgan fingerprint density at radius 2 is 2.10 bits per heavy atom. The molecule has 1 aromatic rings. The van der Waals surface area contributed by atoms with E-state index in [0.717, 1.165) is 0 Å². The Kier molecular flexibility index (Phi) is 5.97. The van der Waals surface area contributed by atoms with Crippen LogP contribution in [0.4, 0.5) is 14.9 Å². The van der Waals surface area contributed by atoms with Crippen molar-refractivity contribution >= 4 is 11.8 Å². The number of ether oxygens (including phenoxy) is 1. The molecule has 0 heterocycles.